The maximum Gasteiger partial charge on any atom is 0.236 e. The molecule has 1 amide bonds. The van der Waals surface area contributed by atoms with Gasteiger partial charge in [0.1, 0.15) is 23.4 Å². The number of Topliss-reactive ketones (excluding diaryl/α,β-unsaturated/α-hetero) is 1. The van der Waals surface area contributed by atoms with Crippen LogP contribution in [0.3, 0.4) is 0 Å². The van der Waals surface area contributed by atoms with Gasteiger partial charge in [0, 0.05) is 26.2 Å². The molecule has 2 heterocycles. The highest BCUT2D eigenvalue weighted by Gasteiger charge is 2.37. The van der Waals surface area contributed by atoms with E-state index in [1.54, 1.807) is 6.92 Å². The molecule has 2 aliphatic rings. The van der Waals surface area contributed by atoms with E-state index in [0.717, 1.165) is 13.1 Å². The second kappa shape index (κ2) is 5.41. The Labute approximate surface area is 112 Å². The summed E-state index contributed by atoms with van der Waals surface area (Å²) < 4.78 is 0. The molecule has 0 radical (unpaired) electrons. The maximum absolute atomic E-state index is 12.1. The van der Waals surface area contributed by atoms with Crippen molar-refractivity contribution in [2.24, 2.45) is 5.92 Å². The molecule has 0 saturated carbocycles. The molecule has 1 unspecified atom stereocenters. The van der Waals surface area contributed by atoms with Gasteiger partial charge in [-0.3, -0.25) is 9.59 Å². The highest BCUT2D eigenvalue weighted by molar-refractivity contribution is 6.14. The normalized spacial score (nSPS) is 25.3. The zero-order chi connectivity index (χ0) is 14.0. The summed E-state index contributed by atoms with van der Waals surface area (Å²) in [5.74, 6) is -0.954. The van der Waals surface area contributed by atoms with Crippen molar-refractivity contribution in [2.75, 3.05) is 33.2 Å². The van der Waals surface area contributed by atoms with Gasteiger partial charge < -0.3 is 15.1 Å². The fraction of sp³-hybridized carbons (Fsp3) is 0.615. The minimum Gasteiger partial charge on any atom is -0.354 e. The number of carbonyl (C=O) groups excluding carboxylic acids is 2. The van der Waals surface area contributed by atoms with E-state index in [1.165, 1.54) is 0 Å². The third-order valence-corrected chi connectivity index (χ3v) is 3.70. The standard InChI is InChI=1S/C13H18N4O2/c1-3-9-11(18)10(8-14)12(15-13(9)19)17-6-4-16(2)5-7-17/h9H,3-7H2,1-2H3,(H,15,19). The van der Waals surface area contributed by atoms with Crippen LogP contribution in [-0.2, 0) is 9.59 Å². The highest BCUT2D eigenvalue weighted by atomic mass is 16.2. The van der Waals surface area contributed by atoms with Crippen LogP contribution in [0.15, 0.2) is 11.4 Å². The van der Waals surface area contributed by atoms with Crippen LogP contribution in [0, 0.1) is 17.2 Å². The van der Waals surface area contributed by atoms with Gasteiger partial charge in [-0.05, 0) is 13.5 Å². The van der Waals surface area contributed by atoms with Crippen LogP contribution in [-0.4, -0.2) is 54.7 Å². The summed E-state index contributed by atoms with van der Waals surface area (Å²) in [6.07, 6.45) is 0.422. The molecule has 0 spiro atoms. The topological polar surface area (TPSA) is 76.4 Å². The molecule has 0 bridgehead atoms. The first-order chi connectivity index (χ1) is 9.08. The molecular formula is C13H18N4O2. The molecular weight excluding hydrogens is 244 g/mol. The second-order valence-electron chi connectivity index (χ2n) is 4.94. The minimum absolute atomic E-state index is 0.0935. The quantitative estimate of drug-likeness (QED) is 0.691. The van der Waals surface area contributed by atoms with Gasteiger partial charge in [0.05, 0.1) is 0 Å². The average Bonchev–Trinajstić information content (AvgIpc) is 2.39. The van der Waals surface area contributed by atoms with Crippen molar-refractivity contribution in [1.82, 2.24) is 15.1 Å². The summed E-state index contributed by atoms with van der Waals surface area (Å²) in [4.78, 5) is 28.1. The number of piperazine rings is 1. The summed E-state index contributed by atoms with van der Waals surface area (Å²) in [6, 6.07) is 1.96. The van der Waals surface area contributed by atoms with E-state index in [2.05, 4.69) is 10.2 Å². The SMILES string of the molecule is CCC1C(=O)NC(N2CCN(C)CC2)=C(C#N)C1=O. The molecule has 1 atom stereocenters. The lowest BCUT2D eigenvalue weighted by atomic mass is 9.91. The number of hydrogen-bond acceptors (Lipinski definition) is 5. The molecule has 19 heavy (non-hydrogen) atoms. The van der Waals surface area contributed by atoms with Gasteiger partial charge in [-0.2, -0.15) is 5.26 Å². The van der Waals surface area contributed by atoms with Crippen molar-refractivity contribution in [3.63, 3.8) is 0 Å². The summed E-state index contributed by atoms with van der Waals surface area (Å²) in [7, 11) is 2.02. The number of likely N-dealkylation sites (N-methyl/N-ethyl adjacent to an activating group) is 1. The molecule has 2 rings (SSSR count). The molecule has 1 fully saturated rings. The van der Waals surface area contributed by atoms with Crippen LogP contribution in [0.25, 0.3) is 0 Å². The number of nitriles is 1. The van der Waals surface area contributed by atoms with Crippen LogP contribution in [0.2, 0.25) is 0 Å². The lowest BCUT2D eigenvalue weighted by Crippen LogP contribution is -2.52. The van der Waals surface area contributed by atoms with Crippen molar-refractivity contribution in [1.29, 1.82) is 5.26 Å². The zero-order valence-electron chi connectivity index (χ0n) is 11.3. The first-order valence-corrected chi connectivity index (χ1v) is 6.51. The summed E-state index contributed by atoms with van der Waals surface area (Å²) in [5, 5.41) is 11.9. The van der Waals surface area contributed by atoms with E-state index >= 15 is 0 Å². The highest BCUT2D eigenvalue weighted by Crippen LogP contribution is 2.22. The third-order valence-electron chi connectivity index (χ3n) is 3.70. The largest absolute Gasteiger partial charge is 0.354 e. The van der Waals surface area contributed by atoms with Gasteiger partial charge >= 0.3 is 0 Å². The zero-order valence-corrected chi connectivity index (χ0v) is 11.3. The van der Waals surface area contributed by atoms with Crippen LogP contribution < -0.4 is 5.32 Å². The number of carbonyl (C=O) groups is 2. The molecule has 6 heteroatoms. The van der Waals surface area contributed by atoms with Crippen molar-refractivity contribution in [3.8, 4) is 6.07 Å². The van der Waals surface area contributed by atoms with Crippen molar-refractivity contribution in [3.05, 3.63) is 11.4 Å². The third kappa shape index (κ3) is 2.47. The number of amides is 1. The van der Waals surface area contributed by atoms with E-state index < -0.39 is 5.92 Å². The van der Waals surface area contributed by atoms with Gasteiger partial charge in [-0.25, -0.2) is 0 Å². The Hall–Kier alpha value is -1.87. The average molecular weight is 262 g/mol. The summed E-state index contributed by atoms with van der Waals surface area (Å²) in [5.41, 5.74) is 0.0935. The molecule has 0 aromatic rings. The Kier molecular flexibility index (Phi) is 3.86. The molecule has 1 saturated heterocycles. The maximum atomic E-state index is 12.1. The fourth-order valence-electron chi connectivity index (χ4n) is 2.42. The first kappa shape index (κ1) is 13.6. The Balaban J connectivity index is 2.29. The van der Waals surface area contributed by atoms with Crippen molar-refractivity contribution in [2.45, 2.75) is 13.3 Å². The number of ketones is 1. The molecule has 0 aromatic heterocycles. The second-order valence-corrected chi connectivity index (χ2v) is 4.94. The number of allylic oxidation sites excluding steroid dienone is 1. The lowest BCUT2D eigenvalue weighted by molar-refractivity contribution is -0.133. The number of nitrogens with one attached hydrogen (secondary N) is 1. The van der Waals surface area contributed by atoms with Crippen LogP contribution >= 0.6 is 0 Å². The number of hydrogen-bond donors (Lipinski definition) is 1. The van der Waals surface area contributed by atoms with E-state index in [4.69, 9.17) is 0 Å². The Morgan fingerprint density at radius 1 is 1.32 bits per heavy atom. The van der Waals surface area contributed by atoms with Crippen LogP contribution in [0.4, 0.5) is 0 Å². The van der Waals surface area contributed by atoms with Gasteiger partial charge in [-0.1, -0.05) is 6.92 Å². The molecule has 102 valence electrons. The molecule has 6 nitrogen and oxygen atoms in total. The molecule has 2 aliphatic heterocycles. The van der Waals surface area contributed by atoms with Gasteiger partial charge in [0.25, 0.3) is 0 Å². The van der Waals surface area contributed by atoms with Gasteiger partial charge in [0.15, 0.2) is 5.78 Å². The molecule has 0 aliphatic carbocycles. The van der Waals surface area contributed by atoms with E-state index in [1.807, 2.05) is 18.0 Å². The van der Waals surface area contributed by atoms with Crippen molar-refractivity contribution < 1.29 is 9.59 Å². The number of rotatable bonds is 2. The van der Waals surface area contributed by atoms with Crippen LogP contribution in [0.5, 0.6) is 0 Å². The molecule has 0 aromatic carbocycles. The predicted molar refractivity (Wildman–Crippen MR) is 68.6 cm³/mol. The lowest BCUT2D eigenvalue weighted by Gasteiger charge is -2.37. The Bertz CT molecular complexity index is 470. The minimum atomic E-state index is -0.717. The fourth-order valence-corrected chi connectivity index (χ4v) is 2.42. The number of nitrogens with zero attached hydrogens (tertiary/aromatic N) is 3. The first-order valence-electron chi connectivity index (χ1n) is 6.51. The van der Waals surface area contributed by atoms with E-state index in [0.29, 0.717) is 25.3 Å². The van der Waals surface area contributed by atoms with E-state index in [9.17, 15) is 14.9 Å². The Morgan fingerprint density at radius 3 is 2.47 bits per heavy atom. The predicted octanol–water partition coefficient (Wildman–Crippen LogP) is -0.306. The van der Waals surface area contributed by atoms with E-state index in [-0.39, 0.29) is 17.3 Å². The van der Waals surface area contributed by atoms with Crippen molar-refractivity contribution >= 4 is 11.7 Å². The monoisotopic (exact) mass is 262 g/mol. The van der Waals surface area contributed by atoms with Gasteiger partial charge in [-0.15, -0.1) is 0 Å². The summed E-state index contributed by atoms with van der Waals surface area (Å²) in [6.45, 7) is 4.90. The Morgan fingerprint density at radius 2 is 1.95 bits per heavy atom. The smallest absolute Gasteiger partial charge is 0.236 e. The van der Waals surface area contributed by atoms with Gasteiger partial charge in [0.2, 0.25) is 5.91 Å². The molecule has 1 N–H and O–H groups in total. The van der Waals surface area contributed by atoms with Crippen LogP contribution in [0.1, 0.15) is 13.3 Å². The summed E-state index contributed by atoms with van der Waals surface area (Å²) >= 11 is 0.